The topological polar surface area (TPSA) is 73.1 Å². The van der Waals surface area contributed by atoms with E-state index in [9.17, 15) is 8.42 Å². The van der Waals surface area contributed by atoms with E-state index in [2.05, 4.69) is 4.37 Å². The van der Waals surface area contributed by atoms with Gasteiger partial charge in [-0.3, -0.25) is 0 Å². The Morgan fingerprint density at radius 1 is 1.31 bits per heavy atom. The molecule has 0 amide bonds. The van der Waals surface area contributed by atoms with Crippen LogP contribution in [0.2, 0.25) is 0 Å². The van der Waals surface area contributed by atoms with Gasteiger partial charge in [-0.05, 0) is 36.2 Å². The van der Waals surface area contributed by atoms with Crippen LogP contribution in [0.15, 0.2) is 34.5 Å². The van der Waals surface area contributed by atoms with E-state index in [-0.39, 0.29) is 4.90 Å². The van der Waals surface area contributed by atoms with E-state index in [1.54, 1.807) is 17.5 Å². The number of nitrogens with two attached hydrogens (primary N) is 1. The lowest BCUT2D eigenvalue weighted by Gasteiger charge is -2.08. The predicted octanol–water partition coefficient (Wildman–Crippen LogP) is 1.77. The SMILES string of the molecule is Cc1cccc(S(N)(=O)=O)c1-c1ccsn1. The van der Waals surface area contributed by atoms with Gasteiger partial charge in [0.1, 0.15) is 0 Å². The minimum Gasteiger partial charge on any atom is -0.225 e. The Morgan fingerprint density at radius 3 is 2.62 bits per heavy atom. The van der Waals surface area contributed by atoms with Crippen LogP contribution >= 0.6 is 11.5 Å². The Kier molecular flexibility index (Phi) is 2.79. The highest BCUT2D eigenvalue weighted by molar-refractivity contribution is 7.89. The zero-order valence-electron chi connectivity index (χ0n) is 8.54. The Labute approximate surface area is 98.0 Å². The van der Waals surface area contributed by atoms with E-state index in [0.29, 0.717) is 11.3 Å². The van der Waals surface area contributed by atoms with E-state index in [1.807, 2.05) is 13.0 Å². The number of benzene rings is 1. The molecule has 16 heavy (non-hydrogen) atoms. The summed E-state index contributed by atoms with van der Waals surface area (Å²) in [6.07, 6.45) is 0. The minimum absolute atomic E-state index is 0.124. The maximum absolute atomic E-state index is 11.5. The second-order valence-electron chi connectivity index (χ2n) is 3.38. The molecule has 2 N–H and O–H groups in total. The Morgan fingerprint density at radius 2 is 2.06 bits per heavy atom. The quantitative estimate of drug-likeness (QED) is 0.887. The van der Waals surface area contributed by atoms with Crippen LogP contribution in [-0.2, 0) is 10.0 Å². The highest BCUT2D eigenvalue weighted by Crippen LogP contribution is 2.29. The first-order valence-corrected chi connectivity index (χ1v) is 6.91. The molecule has 0 saturated carbocycles. The fourth-order valence-electron chi connectivity index (χ4n) is 1.55. The number of aryl methyl sites for hydroxylation is 1. The number of hydrogen-bond acceptors (Lipinski definition) is 4. The predicted molar refractivity (Wildman–Crippen MR) is 63.7 cm³/mol. The maximum Gasteiger partial charge on any atom is 0.238 e. The Bertz CT molecular complexity index is 604. The van der Waals surface area contributed by atoms with Crippen molar-refractivity contribution in [3.63, 3.8) is 0 Å². The van der Waals surface area contributed by atoms with Gasteiger partial charge in [0, 0.05) is 10.9 Å². The van der Waals surface area contributed by atoms with E-state index >= 15 is 0 Å². The van der Waals surface area contributed by atoms with Crippen molar-refractivity contribution in [3.8, 4) is 11.3 Å². The molecule has 0 aliphatic carbocycles. The van der Waals surface area contributed by atoms with Gasteiger partial charge in [0.05, 0.1) is 10.6 Å². The smallest absolute Gasteiger partial charge is 0.225 e. The lowest BCUT2D eigenvalue weighted by Crippen LogP contribution is -2.13. The molecule has 0 aliphatic rings. The average molecular weight is 254 g/mol. The van der Waals surface area contributed by atoms with Crippen molar-refractivity contribution in [2.45, 2.75) is 11.8 Å². The van der Waals surface area contributed by atoms with Gasteiger partial charge in [-0.25, -0.2) is 13.6 Å². The molecular formula is C10H10N2O2S2. The van der Waals surface area contributed by atoms with Gasteiger partial charge in [0.25, 0.3) is 0 Å². The molecule has 1 heterocycles. The van der Waals surface area contributed by atoms with Crippen molar-refractivity contribution >= 4 is 21.6 Å². The van der Waals surface area contributed by atoms with Crippen LogP contribution in [-0.4, -0.2) is 12.8 Å². The summed E-state index contributed by atoms with van der Waals surface area (Å²) in [5, 5.41) is 6.98. The van der Waals surface area contributed by atoms with Crippen LogP contribution in [0.4, 0.5) is 0 Å². The number of rotatable bonds is 2. The second kappa shape index (κ2) is 3.97. The molecule has 0 aliphatic heterocycles. The van der Waals surface area contributed by atoms with E-state index in [0.717, 1.165) is 5.56 Å². The van der Waals surface area contributed by atoms with Crippen molar-refractivity contribution in [2.75, 3.05) is 0 Å². The molecule has 0 spiro atoms. The highest BCUT2D eigenvalue weighted by Gasteiger charge is 2.17. The Hall–Kier alpha value is -1.24. The third kappa shape index (κ3) is 1.99. The summed E-state index contributed by atoms with van der Waals surface area (Å²) >= 11 is 1.28. The molecule has 84 valence electrons. The number of primary sulfonamides is 1. The fraction of sp³-hybridized carbons (Fsp3) is 0.100. The molecule has 0 bridgehead atoms. The molecule has 0 unspecified atom stereocenters. The zero-order valence-corrected chi connectivity index (χ0v) is 10.2. The standard InChI is InChI=1S/C10H10N2O2S2/c1-7-3-2-4-9(16(11,13)14)10(7)8-5-6-15-12-8/h2-6H,1H3,(H2,11,13,14). The first kappa shape index (κ1) is 11.3. The van der Waals surface area contributed by atoms with Crippen LogP contribution in [0, 0.1) is 6.92 Å². The fourth-order valence-corrected chi connectivity index (χ4v) is 2.88. The first-order valence-electron chi connectivity index (χ1n) is 4.53. The van der Waals surface area contributed by atoms with Gasteiger partial charge in [-0.2, -0.15) is 4.37 Å². The monoisotopic (exact) mass is 254 g/mol. The van der Waals surface area contributed by atoms with Crippen LogP contribution in [0.1, 0.15) is 5.56 Å². The normalized spacial score (nSPS) is 11.6. The van der Waals surface area contributed by atoms with Crippen LogP contribution in [0.25, 0.3) is 11.3 Å². The molecule has 1 aromatic carbocycles. The van der Waals surface area contributed by atoms with Gasteiger partial charge in [0.2, 0.25) is 10.0 Å². The van der Waals surface area contributed by atoms with E-state index < -0.39 is 10.0 Å². The van der Waals surface area contributed by atoms with Crippen molar-refractivity contribution in [2.24, 2.45) is 5.14 Å². The zero-order chi connectivity index (χ0) is 11.8. The van der Waals surface area contributed by atoms with Crippen LogP contribution in [0.3, 0.4) is 0 Å². The van der Waals surface area contributed by atoms with Crippen molar-refractivity contribution in [3.05, 3.63) is 35.2 Å². The molecule has 6 heteroatoms. The molecule has 2 aromatic rings. The van der Waals surface area contributed by atoms with Gasteiger partial charge < -0.3 is 0 Å². The molecule has 0 radical (unpaired) electrons. The summed E-state index contributed by atoms with van der Waals surface area (Å²) in [7, 11) is -3.72. The van der Waals surface area contributed by atoms with Crippen molar-refractivity contribution in [1.82, 2.24) is 4.37 Å². The molecule has 4 nitrogen and oxygen atoms in total. The summed E-state index contributed by atoms with van der Waals surface area (Å²) in [6, 6.07) is 6.78. The first-order chi connectivity index (χ1) is 7.50. The Balaban J connectivity index is 2.78. The van der Waals surface area contributed by atoms with E-state index in [4.69, 9.17) is 5.14 Å². The summed E-state index contributed by atoms with van der Waals surface area (Å²) in [4.78, 5) is 0.124. The summed E-state index contributed by atoms with van der Waals surface area (Å²) in [6.45, 7) is 1.84. The second-order valence-corrected chi connectivity index (χ2v) is 5.57. The third-order valence-corrected chi connectivity index (χ3v) is 3.75. The molecular weight excluding hydrogens is 244 g/mol. The average Bonchev–Trinajstić information content (AvgIpc) is 2.68. The summed E-state index contributed by atoms with van der Waals surface area (Å²) in [5.41, 5.74) is 2.08. The third-order valence-electron chi connectivity index (χ3n) is 2.24. The maximum atomic E-state index is 11.5. The van der Waals surface area contributed by atoms with Crippen molar-refractivity contribution < 1.29 is 8.42 Å². The molecule has 0 atom stereocenters. The number of nitrogens with zero attached hydrogens (tertiary/aromatic N) is 1. The van der Waals surface area contributed by atoms with Gasteiger partial charge in [0.15, 0.2) is 0 Å². The largest absolute Gasteiger partial charge is 0.238 e. The van der Waals surface area contributed by atoms with Crippen LogP contribution < -0.4 is 5.14 Å². The van der Waals surface area contributed by atoms with Gasteiger partial charge >= 0.3 is 0 Å². The highest BCUT2D eigenvalue weighted by atomic mass is 32.2. The number of hydrogen-bond donors (Lipinski definition) is 1. The molecule has 0 fully saturated rings. The lowest BCUT2D eigenvalue weighted by atomic mass is 10.1. The van der Waals surface area contributed by atoms with Gasteiger partial charge in [-0.15, -0.1) is 0 Å². The molecule has 0 saturated heterocycles. The molecule has 2 rings (SSSR count). The molecule has 1 aromatic heterocycles. The summed E-state index contributed by atoms with van der Waals surface area (Å²) in [5.74, 6) is 0. The van der Waals surface area contributed by atoms with Gasteiger partial charge in [-0.1, -0.05) is 12.1 Å². The van der Waals surface area contributed by atoms with Crippen molar-refractivity contribution in [1.29, 1.82) is 0 Å². The lowest BCUT2D eigenvalue weighted by molar-refractivity contribution is 0.598. The summed E-state index contributed by atoms with van der Waals surface area (Å²) < 4.78 is 27.1. The minimum atomic E-state index is -3.72. The number of aromatic nitrogens is 1. The van der Waals surface area contributed by atoms with Crippen LogP contribution in [0.5, 0.6) is 0 Å². The van der Waals surface area contributed by atoms with E-state index in [1.165, 1.54) is 17.6 Å². The number of sulfonamides is 1.